The minimum absolute atomic E-state index is 0.0178. The summed E-state index contributed by atoms with van der Waals surface area (Å²) < 4.78 is 0. The zero-order valence-electron chi connectivity index (χ0n) is 17.4. The van der Waals surface area contributed by atoms with Crippen LogP contribution in [0.2, 0.25) is 0 Å². The number of hydrogen-bond acceptors (Lipinski definition) is 3. The average Bonchev–Trinajstić information content (AvgIpc) is 2.91. The van der Waals surface area contributed by atoms with Crippen LogP contribution in [0.4, 0.5) is 0 Å². The van der Waals surface area contributed by atoms with E-state index in [9.17, 15) is 4.79 Å². The minimum atomic E-state index is 0.0178. The lowest BCUT2D eigenvalue weighted by Crippen LogP contribution is -2.36. The molecule has 0 saturated heterocycles. The summed E-state index contributed by atoms with van der Waals surface area (Å²) in [5.41, 5.74) is 2.78. The van der Waals surface area contributed by atoms with E-state index in [0.29, 0.717) is 18.3 Å². The van der Waals surface area contributed by atoms with Crippen molar-refractivity contribution in [3.8, 4) is 0 Å². The number of ketones is 1. The predicted molar refractivity (Wildman–Crippen MR) is 109 cm³/mol. The molecule has 0 aliphatic heterocycles. The summed E-state index contributed by atoms with van der Waals surface area (Å²) in [5, 5.41) is 4.35. The van der Waals surface area contributed by atoms with Crippen LogP contribution in [-0.4, -0.2) is 18.1 Å². The van der Waals surface area contributed by atoms with Crippen LogP contribution in [0.15, 0.2) is 29.5 Å². The van der Waals surface area contributed by atoms with Crippen molar-refractivity contribution in [3.05, 3.63) is 24.3 Å². The van der Waals surface area contributed by atoms with Gasteiger partial charge in [-0.3, -0.25) is 4.79 Å². The van der Waals surface area contributed by atoms with Crippen molar-refractivity contribution in [2.45, 2.75) is 79.6 Å². The topological polar surface area (TPSA) is 38.7 Å². The number of carbonyl (C=O) groups is 1. The molecule has 0 heterocycles. The van der Waals surface area contributed by atoms with Gasteiger partial charge in [-0.05, 0) is 49.9 Å². The number of allylic oxidation sites excluding steroid dienone is 2. The Labute approximate surface area is 160 Å². The number of hydrogen-bond donors (Lipinski definition) is 0. The van der Waals surface area contributed by atoms with Crippen LogP contribution >= 0.6 is 0 Å². The van der Waals surface area contributed by atoms with Crippen LogP contribution < -0.4 is 0 Å². The van der Waals surface area contributed by atoms with Crippen LogP contribution in [0.5, 0.6) is 0 Å². The molecule has 3 nitrogen and oxygen atoms in total. The summed E-state index contributed by atoms with van der Waals surface area (Å²) in [4.78, 5) is 17.7. The number of oxime groups is 1. The zero-order chi connectivity index (χ0) is 19.4. The molecular weight excluding hydrogens is 322 g/mol. The maximum Gasteiger partial charge on any atom is 0.137 e. The van der Waals surface area contributed by atoms with Gasteiger partial charge in [0.05, 0.1) is 5.71 Å². The predicted octanol–water partition coefficient (Wildman–Crippen LogP) is 6.10. The molecule has 3 heteroatoms. The van der Waals surface area contributed by atoms with Gasteiger partial charge in [-0.15, -0.1) is 0 Å². The molecule has 0 aromatic rings. The molecule has 0 amide bonds. The highest BCUT2D eigenvalue weighted by Gasteiger charge is 2.47. The molecular formula is C23H37NO2. The number of fused-ring (bicyclic) bond motifs is 1. The van der Waals surface area contributed by atoms with Crippen molar-refractivity contribution < 1.29 is 9.63 Å². The Morgan fingerprint density at radius 3 is 2.88 bits per heavy atom. The molecule has 2 rings (SSSR count). The van der Waals surface area contributed by atoms with Crippen molar-refractivity contribution in [1.29, 1.82) is 0 Å². The molecule has 0 radical (unpaired) electrons. The molecule has 0 spiro atoms. The number of carbonyl (C=O) groups excluding carboxylic acids is 1. The molecule has 2 aliphatic rings. The van der Waals surface area contributed by atoms with Gasteiger partial charge in [0.15, 0.2) is 0 Å². The fraction of sp³-hybridized carbons (Fsp3) is 0.739. The van der Waals surface area contributed by atoms with E-state index in [1.54, 1.807) is 6.08 Å². The lowest BCUT2D eigenvalue weighted by Gasteiger charge is -2.40. The number of rotatable bonds is 8. The second kappa shape index (κ2) is 8.54. The zero-order valence-corrected chi connectivity index (χ0v) is 17.4. The van der Waals surface area contributed by atoms with Crippen LogP contribution in [0.25, 0.3) is 0 Å². The molecule has 0 aromatic carbocycles. The maximum atomic E-state index is 12.3. The second-order valence-electron chi connectivity index (χ2n) is 9.35. The first-order valence-electron chi connectivity index (χ1n) is 10.2. The monoisotopic (exact) mass is 359 g/mol. The molecule has 1 saturated carbocycles. The highest BCUT2D eigenvalue weighted by atomic mass is 16.6. The van der Waals surface area contributed by atoms with Crippen LogP contribution in [0, 0.1) is 22.7 Å². The summed E-state index contributed by atoms with van der Waals surface area (Å²) in [7, 11) is 0. The van der Waals surface area contributed by atoms with E-state index in [1.807, 2.05) is 0 Å². The summed E-state index contributed by atoms with van der Waals surface area (Å²) >= 11 is 0. The van der Waals surface area contributed by atoms with Crippen LogP contribution in [0.3, 0.4) is 0 Å². The molecule has 0 aromatic heterocycles. The third-order valence-electron chi connectivity index (χ3n) is 6.32. The van der Waals surface area contributed by atoms with Gasteiger partial charge >= 0.3 is 0 Å². The van der Waals surface area contributed by atoms with Crippen LogP contribution in [-0.2, 0) is 9.63 Å². The van der Waals surface area contributed by atoms with E-state index in [0.717, 1.165) is 44.2 Å². The standard InChI is InChI=1S/C23H37NO2/c1-7-16-26-24-21(22(3,4)5)12-8-10-17(2)18-13-14-19-20(25)11-9-15-23(18,19)6/h7,13,17,19H,1,8-12,14-16H2,2-6H3/b24-21+/t17-,19+,23-/m1/s1. The molecule has 2 aliphatic carbocycles. The van der Waals surface area contributed by atoms with E-state index < -0.39 is 0 Å². The molecule has 0 bridgehead atoms. The van der Waals surface area contributed by atoms with E-state index in [1.165, 1.54) is 12.0 Å². The van der Waals surface area contributed by atoms with Gasteiger partial charge in [0, 0.05) is 17.8 Å². The first kappa shape index (κ1) is 20.9. The SMILES string of the molecule is C=CCO/N=C(\CCC[C@@H](C)C1=CC[C@H]2C(=O)CCC[C@]12C)C(C)(C)C. The third kappa shape index (κ3) is 4.66. The minimum Gasteiger partial charge on any atom is -0.392 e. The Morgan fingerprint density at radius 2 is 2.23 bits per heavy atom. The van der Waals surface area contributed by atoms with Gasteiger partial charge in [-0.2, -0.15) is 0 Å². The quantitative estimate of drug-likeness (QED) is 0.227. The lowest BCUT2D eigenvalue weighted by atomic mass is 9.63. The second-order valence-corrected chi connectivity index (χ2v) is 9.35. The summed E-state index contributed by atoms with van der Waals surface area (Å²) in [6.07, 6.45) is 11.3. The van der Waals surface area contributed by atoms with Crippen molar-refractivity contribution in [2.75, 3.05) is 6.61 Å². The van der Waals surface area contributed by atoms with Crippen molar-refractivity contribution in [2.24, 2.45) is 27.8 Å². The first-order valence-corrected chi connectivity index (χ1v) is 10.2. The molecule has 0 unspecified atom stereocenters. The first-order chi connectivity index (χ1) is 12.2. The molecule has 146 valence electrons. The Balaban J connectivity index is 1.93. The fourth-order valence-corrected chi connectivity index (χ4v) is 4.77. The van der Waals surface area contributed by atoms with Gasteiger partial charge in [-0.25, -0.2) is 0 Å². The molecule has 26 heavy (non-hydrogen) atoms. The average molecular weight is 360 g/mol. The third-order valence-corrected chi connectivity index (χ3v) is 6.32. The number of Topliss-reactive ketones (excluding diaryl/α,β-unsaturated/α-hetero) is 1. The van der Waals surface area contributed by atoms with E-state index in [2.05, 4.69) is 52.4 Å². The van der Waals surface area contributed by atoms with E-state index in [4.69, 9.17) is 4.84 Å². The van der Waals surface area contributed by atoms with Crippen molar-refractivity contribution >= 4 is 11.5 Å². The maximum absolute atomic E-state index is 12.3. The van der Waals surface area contributed by atoms with Crippen molar-refractivity contribution in [1.82, 2.24) is 0 Å². The van der Waals surface area contributed by atoms with Crippen LogP contribution in [0.1, 0.15) is 79.6 Å². The smallest absolute Gasteiger partial charge is 0.137 e. The fourth-order valence-electron chi connectivity index (χ4n) is 4.77. The van der Waals surface area contributed by atoms with Gasteiger partial charge < -0.3 is 4.84 Å². The highest BCUT2D eigenvalue weighted by Crippen LogP contribution is 2.53. The van der Waals surface area contributed by atoms with E-state index in [-0.39, 0.29) is 16.7 Å². The Hall–Kier alpha value is -1.38. The summed E-state index contributed by atoms with van der Waals surface area (Å²) in [6, 6.07) is 0. The highest BCUT2D eigenvalue weighted by molar-refractivity contribution is 5.88. The normalized spacial score (nSPS) is 27.7. The van der Waals surface area contributed by atoms with E-state index >= 15 is 0 Å². The van der Waals surface area contributed by atoms with Crippen molar-refractivity contribution in [3.63, 3.8) is 0 Å². The Kier molecular flexibility index (Phi) is 6.87. The largest absolute Gasteiger partial charge is 0.392 e. The summed E-state index contributed by atoms with van der Waals surface area (Å²) in [6.45, 7) is 15.3. The van der Waals surface area contributed by atoms with Gasteiger partial charge in [0.2, 0.25) is 0 Å². The molecule has 3 atom stereocenters. The Bertz CT molecular complexity index is 582. The number of nitrogens with zero attached hydrogens (tertiary/aromatic N) is 1. The Morgan fingerprint density at radius 1 is 1.50 bits per heavy atom. The molecule has 0 N–H and O–H groups in total. The van der Waals surface area contributed by atoms with Gasteiger partial charge in [-0.1, -0.05) is 64.1 Å². The van der Waals surface area contributed by atoms with Gasteiger partial charge in [0.25, 0.3) is 0 Å². The van der Waals surface area contributed by atoms with Gasteiger partial charge in [0.1, 0.15) is 12.4 Å². The lowest BCUT2D eigenvalue weighted by molar-refractivity contribution is -0.128. The summed E-state index contributed by atoms with van der Waals surface area (Å²) in [5.74, 6) is 1.26. The molecule has 1 fully saturated rings.